The molecule has 10 N–H and O–H groups in total. The number of hydrogen-bond acceptors (Lipinski definition) is 26. The molecule has 0 saturated heterocycles. The molecule has 0 heterocycles. The normalized spacial score (nSPS) is 19.3. The van der Waals surface area contributed by atoms with Crippen LogP contribution in [0.1, 0.15) is 190 Å². The molecule has 0 radical (unpaired) electrons. The van der Waals surface area contributed by atoms with Crippen molar-refractivity contribution in [2.24, 2.45) is 21.7 Å². The van der Waals surface area contributed by atoms with Crippen molar-refractivity contribution in [2.75, 3.05) is 75.4 Å². The number of rotatable bonds is 48. The van der Waals surface area contributed by atoms with Crippen molar-refractivity contribution in [3.05, 3.63) is 259 Å². The average Bonchev–Trinajstić information content (AvgIpc) is 0.793. The van der Waals surface area contributed by atoms with Gasteiger partial charge in [0.1, 0.15) is 0 Å². The first-order chi connectivity index (χ1) is 66.8. The van der Waals surface area contributed by atoms with Crippen molar-refractivity contribution in [1.29, 1.82) is 0 Å². The molecule has 0 aromatic heterocycles. The summed E-state index contributed by atoms with van der Waals surface area (Å²) in [7, 11) is -17.4. The Morgan fingerprint density at radius 3 is 0.637 bits per heavy atom. The second-order valence-electron chi connectivity index (χ2n) is 37.5. The molecule has 0 bridgehead atoms. The molecular formula is C104H142N8Na2O28S4. The summed E-state index contributed by atoms with van der Waals surface area (Å²) in [6, 6.07) is -2.92. The van der Waals surface area contributed by atoms with E-state index in [0.29, 0.717) is 22.3 Å². The Hall–Kier alpha value is -10.4. The number of ether oxygens (including phenoxy) is 4. The van der Waals surface area contributed by atoms with E-state index in [9.17, 15) is 100 Å². The van der Waals surface area contributed by atoms with Gasteiger partial charge in [-0.2, -0.15) is 16.8 Å². The van der Waals surface area contributed by atoms with Crippen LogP contribution >= 0.6 is 0 Å². The Bertz CT molecular complexity index is 5260. The Morgan fingerprint density at radius 2 is 0.459 bits per heavy atom. The van der Waals surface area contributed by atoms with Crippen molar-refractivity contribution >= 4 is 112 Å². The molecular weight excluding hydrogens is 1980 g/mol. The number of allylic oxidation sites excluding steroid dienone is 40. The van der Waals surface area contributed by atoms with Gasteiger partial charge in [-0.1, -0.05) is 270 Å². The fraction of sp³-hybridized carbons (Fsp3) is 0.462. The molecule has 146 heavy (non-hydrogen) atoms. The molecule has 0 aromatic carbocycles. The predicted molar refractivity (Wildman–Crippen MR) is 551 cm³/mol. The Labute approximate surface area is 904 Å². The number of esters is 4. The number of amides is 8. The summed E-state index contributed by atoms with van der Waals surface area (Å²) in [5.74, 6) is -6.67. The van der Waals surface area contributed by atoms with E-state index in [4.69, 9.17) is 28.1 Å². The van der Waals surface area contributed by atoms with Crippen LogP contribution in [0.3, 0.4) is 0 Å². The van der Waals surface area contributed by atoms with E-state index < -0.39 is 158 Å². The summed E-state index contributed by atoms with van der Waals surface area (Å²) in [4.78, 5) is 150. The van der Waals surface area contributed by atoms with Gasteiger partial charge in [0, 0.05) is 78.0 Å². The summed E-state index contributed by atoms with van der Waals surface area (Å²) in [6.45, 7) is 36.6. The van der Waals surface area contributed by atoms with Crippen molar-refractivity contribution in [3.63, 3.8) is 0 Å². The fourth-order valence-corrected chi connectivity index (χ4v) is 16.3. The Kier molecular flexibility index (Phi) is 58.6. The Balaban J connectivity index is 0.00000144. The number of carbonyl (C=O) groups is 12. The van der Waals surface area contributed by atoms with E-state index in [1.165, 1.54) is 0 Å². The number of carbonyl (C=O) groups excluding carboxylic acids is 12. The molecule has 4 unspecified atom stereocenters. The topological polar surface area (TPSA) is 561 Å². The van der Waals surface area contributed by atoms with Crippen LogP contribution in [0.4, 0.5) is 19.2 Å². The SMILES string of the molecule is CC(C=CC=C(C)C=CC1=C(C)C(=O)C(OC(=O)CCNC(=O)NCCS(=O)(=O)[O-])CC1(C)C)=CC=CC=C(C)C=CC=C(C)C=CC1=C(C)C(=O)C(OC(=O)CCNC(=O)NCCS(=O)(=O)O)CC1(C)C.CC(C=CC=C(C)C=CC1=C(C)C(=O)C(OC(=O)CCNC(=O)NCCS(=O)(=O)[O-])CC1(C)C)=CC=CC=C(C)C=CC=C(C)C=CC1=C(C)C(=O)C(OC(=O)CCNC(=O)NCCS(=O)(=O)O)CC1(C)C.[Na+].[Na+]. The summed E-state index contributed by atoms with van der Waals surface area (Å²) < 4.78 is 146. The van der Waals surface area contributed by atoms with Gasteiger partial charge in [0.25, 0.3) is 20.2 Å². The molecule has 0 fully saturated rings. The van der Waals surface area contributed by atoms with Gasteiger partial charge >= 0.3 is 107 Å². The minimum absolute atomic E-state index is 0. The van der Waals surface area contributed by atoms with Crippen LogP contribution in [0.15, 0.2) is 259 Å². The van der Waals surface area contributed by atoms with Crippen molar-refractivity contribution in [1.82, 2.24) is 42.5 Å². The maximum Gasteiger partial charge on any atom is 1.00 e. The first kappa shape index (κ1) is 134. The van der Waals surface area contributed by atoms with Crippen LogP contribution in [0, 0.1) is 21.7 Å². The zero-order chi connectivity index (χ0) is 109. The zero-order valence-electron chi connectivity index (χ0n) is 87.8. The second-order valence-corrected chi connectivity index (χ2v) is 43.7. The third-order valence-corrected chi connectivity index (χ3v) is 25.5. The molecule has 792 valence electrons. The number of Topliss-reactive ketones (excluding diaryl/α,β-unsaturated/α-hetero) is 4. The smallest absolute Gasteiger partial charge is 0.748 e. The molecule has 0 spiro atoms. The van der Waals surface area contributed by atoms with Gasteiger partial charge in [0.15, 0.2) is 47.5 Å². The summed E-state index contributed by atoms with van der Waals surface area (Å²) in [5.41, 5.74) is 11.3. The van der Waals surface area contributed by atoms with Gasteiger partial charge in [-0.25, -0.2) is 36.0 Å². The van der Waals surface area contributed by atoms with Crippen molar-refractivity contribution in [3.8, 4) is 0 Å². The van der Waals surface area contributed by atoms with E-state index in [1.807, 2.05) is 281 Å². The van der Waals surface area contributed by atoms with Gasteiger partial charge in [-0.15, -0.1) is 0 Å². The summed E-state index contributed by atoms with van der Waals surface area (Å²) in [5, 5.41) is 18.4. The first-order valence-electron chi connectivity index (χ1n) is 46.6. The Morgan fingerprint density at radius 1 is 0.295 bits per heavy atom. The van der Waals surface area contributed by atoms with Gasteiger partial charge in [-0.05, 0) is 149 Å². The largest absolute Gasteiger partial charge is 1.00 e. The van der Waals surface area contributed by atoms with E-state index >= 15 is 0 Å². The standard InChI is InChI=1S/2C52H72N4O14S2.2Na/c2*1-35(17-13-19-37(3)21-23-41-39(5)47(59)43(33-51(41,7)8)69-45(57)25-27-53-49(61)55-29-31-71(63,64)65)15-11-12-16-36(2)18-14-20-38(4)22-24-42-40(6)48(60)44(34-52(42,9)10)70-46(58)26-28-54-50(62)56-30-32-72(66,67)68;;/h2*11-24,43-44H,25-34H2,1-10H3,(H2,53,55,61)(H2,54,56,62)(H,63,64,65)(H,66,67,68);;/q;;2*+1/p-2. The fourth-order valence-electron chi connectivity index (χ4n) is 14.9. The monoisotopic (exact) mass is 2120 g/mol. The van der Waals surface area contributed by atoms with E-state index in [2.05, 4.69) is 42.5 Å². The predicted octanol–water partition coefficient (Wildman–Crippen LogP) is 7.65. The van der Waals surface area contributed by atoms with Crippen LogP contribution in [0.5, 0.6) is 0 Å². The minimum atomic E-state index is -4.47. The molecule has 8 amide bonds. The van der Waals surface area contributed by atoms with Crippen LogP contribution in [-0.4, -0.2) is 223 Å². The maximum atomic E-state index is 13.2. The molecule has 4 atom stereocenters. The quantitative estimate of drug-likeness (QED) is 0.00919. The second kappa shape index (κ2) is 64.1. The van der Waals surface area contributed by atoms with Crippen molar-refractivity contribution < 1.29 is 187 Å². The molecule has 4 aliphatic rings. The number of urea groups is 4. The minimum Gasteiger partial charge on any atom is -0.748 e. The van der Waals surface area contributed by atoms with Gasteiger partial charge in [-0.3, -0.25) is 47.5 Å². The number of ketones is 4. The maximum absolute atomic E-state index is 13.2. The van der Waals surface area contributed by atoms with E-state index in [1.54, 1.807) is 27.7 Å². The molecule has 0 saturated carbocycles. The van der Waals surface area contributed by atoms with E-state index in [0.717, 1.165) is 66.9 Å². The van der Waals surface area contributed by atoms with Crippen LogP contribution in [-0.2, 0) is 97.8 Å². The molecule has 36 nitrogen and oxygen atoms in total. The van der Waals surface area contributed by atoms with E-state index in [-0.39, 0.29) is 186 Å². The molecule has 42 heteroatoms. The molecule has 4 rings (SSSR count). The summed E-state index contributed by atoms with van der Waals surface area (Å²) >= 11 is 0. The van der Waals surface area contributed by atoms with Gasteiger partial charge in [0.2, 0.25) is 0 Å². The molecule has 0 aliphatic heterocycles. The number of hydrogen-bond donors (Lipinski definition) is 10. The molecule has 0 aromatic rings. The van der Waals surface area contributed by atoms with Crippen LogP contribution < -0.4 is 102 Å². The van der Waals surface area contributed by atoms with Crippen LogP contribution in [0.2, 0.25) is 0 Å². The van der Waals surface area contributed by atoms with Gasteiger partial charge in [0.05, 0.1) is 68.9 Å². The average molecular weight is 2130 g/mol. The molecule has 4 aliphatic carbocycles. The summed E-state index contributed by atoms with van der Waals surface area (Å²) in [6.07, 6.45) is 51.0. The zero-order valence-corrected chi connectivity index (χ0v) is 95.0. The van der Waals surface area contributed by atoms with Gasteiger partial charge < -0.3 is 70.6 Å². The van der Waals surface area contributed by atoms with Crippen molar-refractivity contribution in [2.45, 2.75) is 214 Å². The number of nitrogens with one attached hydrogen (secondary N) is 8. The third-order valence-electron chi connectivity index (χ3n) is 22.7. The van der Waals surface area contributed by atoms with Crippen LogP contribution in [0.25, 0.3) is 0 Å². The first-order valence-corrected chi connectivity index (χ1v) is 53.0. The third kappa shape index (κ3) is 54.5.